The van der Waals surface area contributed by atoms with Gasteiger partial charge in [0.15, 0.2) is 0 Å². The molecule has 0 bridgehead atoms. The molecule has 0 saturated heterocycles. The fraction of sp³-hybridized carbons (Fsp3) is 0.538. The van der Waals surface area contributed by atoms with Crippen molar-refractivity contribution in [2.45, 2.75) is 13.8 Å². The summed E-state index contributed by atoms with van der Waals surface area (Å²) < 4.78 is 31.1. The summed E-state index contributed by atoms with van der Waals surface area (Å²) in [7, 11) is 0.733. The van der Waals surface area contributed by atoms with Crippen LogP contribution in [0.5, 0.6) is 5.75 Å². The van der Waals surface area contributed by atoms with Crippen LogP contribution in [0, 0.1) is 6.92 Å². The van der Waals surface area contributed by atoms with Gasteiger partial charge in [-0.05, 0) is 51.7 Å². The van der Waals surface area contributed by atoms with Gasteiger partial charge in [-0.2, -0.15) is 0 Å². The number of likely N-dealkylation sites (N-methyl/N-ethyl adjacent to an activating group) is 1. The van der Waals surface area contributed by atoms with Crippen LogP contribution in [0.1, 0.15) is 12.5 Å². The first-order valence-corrected chi connectivity index (χ1v) is 7.88. The summed E-state index contributed by atoms with van der Waals surface area (Å²) in [6, 6.07) is 5.34. The minimum atomic E-state index is -3.23. The number of aryl methyl sites for hydroxylation is 1. The molecule has 1 aromatic carbocycles. The van der Waals surface area contributed by atoms with E-state index >= 15 is 0 Å². The molecule has 5 nitrogen and oxygen atoms in total. The van der Waals surface area contributed by atoms with Gasteiger partial charge in [0, 0.05) is 6.54 Å². The van der Waals surface area contributed by atoms with Gasteiger partial charge in [-0.1, -0.05) is 0 Å². The standard InChI is InChI=1S/C13H22N2O3S/c1-5-19(16,17)14-13-7-6-12(10-11(13)2)18-9-8-15(3)4/h6-7,10,14H,5,8-9H2,1-4H3. The normalized spacial score (nSPS) is 11.6. The topological polar surface area (TPSA) is 58.6 Å². The summed E-state index contributed by atoms with van der Waals surface area (Å²) >= 11 is 0. The molecule has 0 spiro atoms. The quantitative estimate of drug-likeness (QED) is 0.829. The Balaban J connectivity index is 2.69. The molecule has 0 heterocycles. The van der Waals surface area contributed by atoms with Gasteiger partial charge in [0.1, 0.15) is 12.4 Å². The molecule has 1 rings (SSSR count). The minimum absolute atomic E-state index is 0.0630. The van der Waals surface area contributed by atoms with Gasteiger partial charge in [0.2, 0.25) is 10.0 Å². The Bertz CT molecular complexity index is 513. The van der Waals surface area contributed by atoms with Gasteiger partial charge in [0.05, 0.1) is 11.4 Å². The Morgan fingerprint density at radius 2 is 2.00 bits per heavy atom. The SMILES string of the molecule is CCS(=O)(=O)Nc1ccc(OCCN(C)C)cc1C. The van der Waals surface area contributed by atoms with Crippen molar-refractivity contribution in [2.75, 3.05) is 37.7 Å². The molecule has 108 valence electrons. The van der Waals surface area contributed by atoms with E-state index in [-0.39, 0.29) is 5.75 Å². The number of nitrogens with zero attached hydrogens (tertiary/aromatic N) is 1. The lowest BCUT2D eigenvalue weighted by Gasteiger charge is -2.13. The third-order valence-corrected chi connectivity index (χ3v) is 3.94. The lowest BCUT2D eigenvalue weighted by molar-refractivity contribution is 0.261. The Hall–Kier alpha value is -1.27. The van der Waals surface area contributed by atoms with E-state index in [0.717, 1.165) is 17.9 Å². The molecule has 0 saturated carbocycles. The summed E-state index contributed by atoms with van der Waals surface area (Å²) in [5.41, 5.74) is 1.45. The molecule has 0 aliphatic carbocycles. The Morgan fingerprint density at radius 1 is 1.32 bits per heavy atom. The second kappa shape index (κ2) is 6.77. The highest BCUT2D eigenvalue weighted by molar-refractivity contribution is 7.92. The van der Waals surface area contributed by atoms with Crippen molar-refractivity contribution in [3.05, 3.63) is 23.8 Å². The van der Waals surface area contributed by atoms with E-state index in [1.54, 1.807) is 19.1 Å². The van der Waals surface area contributed by atoms with Crippen molar-refractivity contribution in [1.29, 1.82) is 0 Å². The molecule has 0 atom stereocenters. The fourth-order valence-corrected chi connectivity index (χ4v) is 2.13. The van der Waals surface area contributed by atoms with Crippen molar-refractivity contribution < 1.29 is 13.2 Å². The summed E-state index contributed by atoms with van der Waals surface area (Å²) in [4.78, 5) is 2.04. The molecule has 0 radical (unpaired) electrons. The molecule has 0 aromatic heterocycles. The first-order chi connectivity index (χ1) is 8.84. The molecule has 1 N–H and O–H groups in total. The van der Waals surface area contributed by atoms with E-state index in [1.807, 2.05) is 32.0 Å². The number of hydrogen-bond donors (Lipinski definition) is 1. The summed E-state index contributed by atoms with van der Waals surface area (Å²) in [5, 5.41) is 0. The zero-order chi connectivity index (χ0) is 14.5. The maximum absolute atomic E-state index is 11.5. The lowest BCUT2D eigenvalue weighted by atomic mass is 10.2. The Labute approximate surface area is 115 Å². The van der Waals surface area contributed by atoms with Crippen LogP contribution in [0.2, 0.25) is 0 Å². The molecule has 1 aromatic rings. The Morgan fingerprint density at radius 3 is 2.53 bits per heavy atom. The Kier molecular flexibility index (Phi) is 5.62. The predicted octanol–water partition coefficient (Wildman–Crippen LogP) is 1.70. The first kappa shape index (κ1) is 15.8. The van der Waals surface area contributed by atoms with Gasteiger partial charge in [-0.15, -0.1) is 0 Å². The lowest BCUT2D eigenvalue weighted by Crippen LogP contribution is -2.19. The van der Waals surface area contributed by atoms with E-state index in [1.165, 1.54) is 0 Å². The van der Waals surface area contributed by atoms with Crippen LogP contribution >= 0.6 is 0 Å². The molecule has 0 aliphatic heterocycles. The van der Waals surface area contributed by atoms with E-state index in [0.29, 0.717) is 12.3 Å². The van der Waals surface area contributed by atoms with E-state index in [2.05, 4.69) is 4.72 Å². The smallest absolute Gasteiger partial charge is 0.232 e. The third-order valence-electron chi connectivity index (χ3n) is 2.65. The van der Waals surface area contributed by atoms with Crippen LogP contribution in [0.25, 0.3) is 0 Å². The number of benzene rings is 1. The molecule has 0 amide bonds. The molecule has 0 fully saturated rings. The molecule has 0 aliphatic rings. The van der Waals surface area contributed by atoms with Gasteiger partial charge in [-0.3, -0.25) is 4.72 Å². The highest BCUT2D eigenvalue weighted by Crippen LogP contribution is 2.22. The molecule has 6 heteroatoms. The largest absolute Gasteiger partial charge is 0.492 e. The van der Waals surface area contributed by atoms with Crippen molar-refractivity contribution in [2.24, 2.45) is 0 Å². The predicted molar refractivity (Wildman–Crippen MR) is 78.3 cm³/mol. The van der Waals surface area contributed by atoms with Crippen molar-refractivity contribution in [1.82, 2.24) is 4.90 Å². The van der Waals surface area contributed by atoms with Crippen LogP contribution in [0.4, 0.5) is 5.69 Å². The van der Waals surface area contributed by atoms with Crippen LogP contribution in [-0.2, 0) is 10.0 Å². The second-order valence-electron chi connectivity index (χ2n) is 4.63. The summed E-state index contributed by atoms with van der Waals surface area (Å²) in [6.07, 6.45) is 0. The van der Waals surface area contributed by atoms with Crippen molar-refractivity contribution >= 4 is 15.7 Å². The molecular weight excluding hydrogens is 264 g/mol. The number of sulfonamides is 1. The highest BCUT2D eigenvalue weighted by atomic mass is 32.2. The van der Waals surface area contributed by atoms with Crippen molar-refractivity contribution in [3.8, 4) is 5.75 Å². The van der Waals surface area contributed by atoms with Crippen LogP contribution in [0.15, 0.2) is 18.2 Å². The van der Waals surface area contributed by atoms with Crippen LogP contribution in [-0.4, -0.2) is 46.3 Å². The van der Waals surface area contributed by atoms with Crippen LogP contribution < -0.4 is 9.46 Å². The van der Waals surface area contributed by atoms with E-state index in [4.69, 9.17) is 4.74 Å². The highest BCUT2D eigenvalue weighted by Gasteiger charge is 2.09. The monoisotopic (exact) mass is 286 g/mol. The van der Waals surface area contributed by atoms with E-state index < -0.39 is 10.0 Å². The fourth-order valence-electron chi connectivity index (χ4n) is 1.43. The zero-order valence-corrected chi connectivity index (χ0v) is 12.8. The number of nitrogens with one attached hydrogen (secondary N) is 1. The molecule has 19 heavy (non-hydrogen) atoms. The van der Waals surface area contributed by atoms with Crippen molar-refractivity contribution in [3.63, 3.8) is 0 Å². The number of ether oxygens (including phenoxy) is 1. The van der Waals surface area contributed by atoms with Gasteiger partial charge >= 0.3 is 0 Å². The number of hydrogen-bond acceptors (Lipinski definition) is 4. The second-order valence-corrected chi connectivity index (χ2v) is 6.64. The number of anilines is 1. The maximum Gasteiger partial charge on any atom is 0.232 e. The third kappa shape index (κ3) is 5.48. The van der Waals surface area contributed by atoms with Gasteiger partial charge < -0.3 is 9.64 Å². The van der Waals surface area contributed by atoms with Gasteiger partial charge in [0.25, 0.3) is 0 Å². The average Bonchev–Trinajstić information content (AvgIpc) is 2.32. The minimum Gasteiger partial charge on any atom is -0.492 e. The van der Waals surface area contributed by atoms with E-state index in [9.17, 15) is 8.42 Å². The summed E-state index contributed by atoms with van der Waals surface area (Å²) in [5.74, 6) is 0.812. The van der Waals surface area contributed by atoms with Crippen LogP contribution in [0.3, 0.4) is 0 Å². The molecular formula is C13H22N2O3S. The average molecular weight is 286 g/mol. The first-order valence-electron chi connectivity index (χ1n) is 6.22. The zero-order valence-electron chi connectivity index (χ0n) is 11.9. The summed E-state index contributed by atoms with van der Waals surface area (Å²) in [6.45, 7) is 4.90. The maximum atomic E-state index is 11.5. The molecule has 0 unspecified atom stereocenters. The van der Waals surface area contributed by atoms with Gasteiger partial charge in [-0.25, -0.2) is 8.42 Å². The number of rotatable bonds is 7.